The van der Waals surface area contributed by atoms with Crippen LogP contribution in [0.3, 0.4) is 0 Å². The smallest absolute Gasteiger partial charge is 0.127 e. The molecule has 0 spiro atoms. The van der Waals surface area contributed by atoms with Crippen LogP contribution in [0.15, 0.2) is 48.5 Å². The minimum atomic E-state index is -0.479. The van der Waals surface area contributed by atoms with Crippen LogP contribution in [-0.4, -0.2) is 12.9 Å². The van der Waals surface area contributed by atoms with Gasteiger partial charge in [-0.25, -0.2) is 4.39 Å². The first kappa shape index (κ1) is 14.3. The number of halogens is 1. The molecule has 0 heterocycles. The van der Waals surface area contributed by atoms with E-state index in [0.717, 1.165) is 17.6 Å². The van der Waals surface area contributed by atoms with E-state index in [9.17, 15) is 9.18 Å². The van der Waals surface area contributed by atoms with Gasteiger partial charge in [-0.05, 0) is 42.7 Å². The molecule has 0 aromatic heterocycles. The molecule has 0 saturated heterocycles. The fraction of sp³-hybridized carbons (Fsp3) is 0.235. The van der Waals surface area contributed by atoms with Crippen LogP contribution >= 0.6 is 0 Å². The Morgan fingerprint density at radius 3 is 2.70 bits per heavy atom. The number of hydrogen-bond acceptors (Lipinski definition) is 2. The van der Waals surface area contributed by atoms with Crippen molar-refractivity contribution in [2.24, 2.45) is 0 Å². The molecule has 0 amide bonds. The summed E-state index contributed by atoms with van der Waals surface area (Å²) >= 11 is 0. The Morgan fingerprint density at radius 2 is 2.00 bits per heavy atom. The monoisotopic (exact) mass is 272 g/mol. The first-order valence-corrected chi connectivity index (χ1v) is 6.66. The fourth-order valence-electron chi connectivity index (χ4n) is 2.19. The van der Waals surface area contributed by atoms with Gasteiger partial charge in [0.15, 0.2) is 0 Å². The molecule has 2 aromatic carbocycles. The normalized spacial score (nSPS) is 11.9. The van der Waals surface area contributed by atoms with Crippen LogP contribution in [0.25, 0.3) is 0 Å². The summed E-state index contributed by atoms with van der Waals surface area (Å²) in [6, 6.07) is 13.9. The van der Waals surface area contributed by atoms with Crippen molar-refractivity contribution in [3.63, 3.8) is 0 Å². The van der Waals surface area contributed by atoms with Gasteiger partial charge in [0.25, 0.3) is 0 Å². The molecule has 0 fully saturated rings. The summed E-state index contributed by atoms with van der Waals surface area (Å²) in [5, 5.41) is 0. The Balaban J connectivity index is 2.20. The number of rotatable bonds is 6. The number of carbonyl (C=O) groups excluding carboxylic acids is 1. The maximum Gasteiger partial charge on any atom is 0.127 e. The average Bonchev–Trinajstić information content (AvgIpc) is 2.46. The molecule has 2 rings (SSSR count). The summed E-state index contributed by atoms with van der Waals surface area (Å²) in [5.74, 6) is -0.0539. The van der Waals surface area contributed by atoms with Gasteiger partial charge in [0, 0.05) is 5.92 Å². The van der Waals surface area contributed by atoms with Crippen LogP contribution in [0.4, 0.5) is 4.39 Å². The van der Waals surface area contributed by atoms with Crippen molar-refractivity contribution in [2.45, 2.75) is 19.3 Å². The Morgan fingerprint density at radius 1 is 1.20 bits per heavy atom. The zero-order chi connectivity index (χ0) is 14.4. The Kier molecular flexibility index (Phi) is 4.88. The third-order valence-corrected chi connectivity index (χ3v) is 3.13. The number of hydrogen-bond donors (Lipinski definition) is 0. The fourth-order valence-corrected chi connectivity index (χ4v) is 2.19. The van der Waals surface area contributed by atoms with Crippen LogP contribution < -0.4 is 4.74 Å². The van der Waals surface area contributed by atoms with Gasteiger partial charge in [0.05, 0.1) is 6.61 Å². The number of ether oxygens (including phenoxy) is 1. The maximum absolute atomic E-state index is 13.7. The molecular weight excluding hydrogens is 255 g/mol. The van der Waals surface area contributed by atoms with Crippen molar-refractivity contribution in [1.82, 2.24) is 0 Å². The highest BCUT2D eigenvalue weighted by Gasteiger charge is 2.15. The lowest BCUT2D eigenvalue weighted by Crippen LogP contribution is -2.07. The van der Waals surface area contributed by atoms with Gasteiger partial charge in [0.2, 0.25) is 0 Å². The average molecular weight is 272 g/mol. The molecule has 1 atom stereocenters. The topological polar surface area (TPSA) is 26.3 Å². The Bertz CT molecular complexity index is 581. The molecule has 3 heteroatoms. The zero-order valence-electron chi connectivity index (χ0n) is 11.4. The molecule has 2 nitrogen and oxygen atoms in total. The van der Waals surface area contributed by atoms with E-state index in [-0.39, 0.29) is 5.82 Å². The van der Waals surface area contributed by atoms with Crippen LogP contribution in [0, 0.1) is 5.82 Å². The summed E-state index contributed by atoms with van der Waals surface area (Å²) in [4.78, 5) is 11.3. The van der Waals surface area contributed by atoms with Crippen molar-refractivity contribution in [3.8, 4) is 5.75 Å². The first-order chi connectivity index (χ1) is 9.74. The number of carbonyl (C=O) groups is 1. The molecule has 0 radical (unpaired) electrons. The molecule has 104 valence electrons. The second-order valence-corrected chi connectivity index (χ2v) is 4.55. The highest BCUT2D eigenvalue weighted by molar-refractivity contribution is 5.63. The van der Waals surface area contributed by atoms with E-state index in [1.807, 2.05) is 31.2 Å². The number of aldehydes is 1. The van der Waals surface area contributed by atoms with Gasteiger partial charge >= 0.3 is 0 Å². The molecule has 1 unspecified atom stereocenters. The Labute approximate surface area is 118 Å². The Hall–Kier alpha value is -2.16. The second-order valence-electron chi connectivity index (χ2n) is 4.55. The van der Waals surface area contributed by atoms with Crippen molar-refractivity contribution in [3.05, 3.63) is 65.5 Å². The lowest BCUT2D eigenvalue weighted by molar-refractivity contribution is -0.109. The maximum atomic E-state index is 13.7. The molecule has 0 aliphatic carbocycles. The predicted molar refractivity (Wildman–Crippen MR) is 76.5 cm³/mol. The molecule has 0 aliphatic heterocycles. The van der Waals surface area contributed by atoms with Gasteiger partial charge in [0.1, 0.15) is 17.9 Å². The third-order valence-electron chi connectivity index (χ3n) is 3.13. The number of benzene rings is 2. The summed E-state index contributed by atoms with van der Waals surface area (Å²) < 4.78 is 19.2. The van der Waals surface area contributed by atoms with Crippen molar-refractivity contribution in [1.29, 1.82) is 0 Å². The van der Waals surface area contributed by atoms with Gasteiger partial charge in [-0.1, -0.05) is 30.3 Å². The molecular formula is C17H17FO2. The van der Waals surface area contributed by atoms with Gasteiger partial charge < -0.3 is 9.53 Å². The van der Waals surface area contributed by atoms with Crippen molar-refractivity contribution < 1.29 is 13.9 Å². The van der Waals surface area contributed by atoms with E-state index in [2.05, 4.69) is 0 Å². The van der Waals surface area contributed by atoms with E-state index in [1.165, 1.54) is 6.07 Å². The van der Waals surface area contributed by atoms with Crippen LogP contribution in [0.5, 0.6) is 5.75 Å². The molecule has 0 bridgehead atoms. The quantitative estimate of drug-likeness (QED) is 0.749. The predicted octanol–water partition coefficient (Wildman–Crippen LogP) is 3.75. The second kappa shape index (κ2) is 6.85. The van der Waals surface area contributed by atoms with Crippen LogP contribution in [0.2, 0.25) is 0 Å². The summed E-state index contributed by atoms with van der Waals surface area (Å²) in [5.41, 5.74) is 1.39. The molecule has 0 N–H and O–H groups in total. The van der Waals surface area contributed by atoms with E-state index < -0.39 is 5.92 Å². The lowest BCUT2D eigenvalue weighted by Gasteiger charge is -2.12. The van der Waals surface area contributed by atoms with E-state index in [4.69, 9.17) is 4.74 Å². The standard InChI is InChI=1S/C17H17FO2/c1-2-20-15-7-5-6-13(11-15)10-14(12-19)16-8-3-4-9-17(16)18/h3-9,11-12,14H,2,10H2,1H3. The highest BCUT2D eigenvalue weighted by atomic mass is 19.1. The molecule has 0 saturated carbocycles. The molecule has 2 aromatic rings. The molecule has 0 aliphatic rings. The van der Waals surface area contributed by atoms with E-state index in [1.54, 1.807) is 18.2 Å². The minimum Gasteiger partial charge on any atom is -0.494 e. The van der Waals surface area contributed by atoms with Crippen molar-refractivity contribution in [2.75, 3.05) is 6.61 Å². The zero-order valence-corrected chi connectivity index (χ0v) is 11.4. The summed E-state index contributed by atoms with van der Waals surface area (Å²) in [6.07, 6.45) is 1.26. The van der Waals surface area contributed by atoms with Crippen LogP contribution in [0.1, 0.15) is 24.0 Å². The lowest BCUT2D eigenvalue weighted by atomic mass is 9.93. The SMILES string of the molecule is CCOc1cccc(CC(C=O)c2ccccc2F)c1. The minimum absolute atomic E-state index is 0.342. The third kappa shape index (κ3) is 3.44. The highest BCUT2D eigenvalue weighted by Crippen LogP contribution is 2.23. The van der Waals surface area contributed by atoms with Gasteiger partial charge in [-0.3, -0.25) is 0 Å². The van der Waals surface area contributed by atoms with E-state index >= 15 is 0 Å². The van der Waals surface area contributed by atoms with Crippen LogP contribution in [-0.2, 0) is 11.2 Å². The van der Waals surface area contributed by atoms with Gasteiger partial charge in [-0.2, -0.15) is 0 Å². The first-order valence-electron chi connectivity index (χ1n) is 6.66. The summed E-state index contributed by atoms with van der Waals surface area (Å²) in [6.45, 7) is 2.51. The van der Waals surface area contributed by atoms with Crippen molar-refractivity contribution >= 4 is 6.29 Å². The summed E-state index contributed by atoms with van der Waals surface area (Å²) in [7, 11) is 0. The largest absolute Gasteiger partial charge is 0.494 e. The molecule has 20 heavy (non-hydrogen) atoms. The van der Waals surface area contributed by atoms with Gasteiger partial charge in [-0.15, -0.1) is 0 Å². The van der Waals surface area contributed by atoms with E-state index in [0.29, 0.717) is 18.6 Å².